The minimum Gasteiger partial charge on any atom is -0.300 e. The molecule has 1 aromatic carbocycles. The summed E-state index contributed by atoms with van der Waals surface area (Å²) >= 11 is 7.87. The fourth-order valence-electron chi connectivity index (χ4n) is 3.96. The maximum Gasteiger partial charge on any atom is 0.163 e. The highest BCUT2D eigenvalue weighted by atomic mass is 35.5. The highest BCUT2D eigenvalue weighted by Crippen LogP contribution is 2.39. The predicted molar refractivity (Wildman–Crippen MR) is 127 cm³/mol. The Kier molecular flexibility index (Phi) is 6.13. The van der Waals surface area contributed by atoms with Crippen LogP contribution in [0.2, 0.25) is 5.02 Å². The van der Waals surface area contributed by atoms with Crippen LogP contribution in [0.15, 0.2) is 29.3 Å². The Labute approximate surface area is 192 Å². The van der Waals surface area contributed by atoms with Crippen molar-refractivity contribution < 1.29 is 4.79 Å². The molecule has 3 aromatic rings. The second kappa shape index (κ2) is 8.67. The minimum absolute atomic E-state index is 0.212. The molecule has 1 aliphatic heterocycles. The van der Waals surface area contributed by atoms with Crippen molar-refractivity contribution in [2.24, 2.45) is 10.9 Å². The van der Waals surface area contributed by atoms with Crippen molar-refractivity contribution in [3.8, 4) is 5.00 Å². The lowest BCUT2D eigenvalue weighted by atomic mass is 9.97. The maximum absolute atomic E-state index is 12.9. The predicted octanol–water partition coefficient (Wildman–Crippen LogP) is 6.19. The summed E-state index contributed by atoms with van der Waals surface area (Å²) in [4.78, 5) is 19.3. The smallest absolute Gasteiger partial charge is 0.163 e. The molecule has 2 atom stereocenters. The fraction of sp³-hybridized carbons (Fsp3) is 0.417. The summed E-state index contributed by atoms with van der Waals surface area (Å²) in [6.07, 6.45) is 1.87. The number of rotatable bonds is 6. The molecule has 162 valence electrons. The maximum atomic E-state index is 12.9. The average molecular weight is 455 g/mol. The van der Waals surface area contributed by atoms with Crippen molar-refractivity contribution in [2.75, 3.05) is 0 Å². The SMILES string of the molecule is CCC(C)CC(=O)C[C@@H]1N=C(c2ccc(Cl)cc2)c2c(sc(C)c2C)-n2c(C)nnc21. The molecular formula is C24H27ClN4OS. The highest BCUT2D eigenvalue weighted by molar-refractivity contribution is 7.15. The van der Waals surface area contributed by atoms with E-state index in [4.69, 9.17) is 16.6 Å². The second-order valence-electron chi connectivity index (χ2n) is 8.36. The summed E-state index contributed by atoms with van der Waals surface area (Å²) in [5.74, 6) is 2.12. The van der Waals surface area contributed by atoms with Gasteiger partial charge in [-0.25, -0.2) is 0 Å². The van der Waals surface area contributed by atoms with Gasteiger partial charge in [-0.2, -0.15) is 0 Å². The molecule has 7 heteroatoms. The summed E-state index contributed by atoms with van der Waals surface area (Å²) in [5.41, 5.74) is 4.16. The molecule has 2 aromatic heterocycles. The number of fused-ring (bicyclic) bond motifs is 3. The number of aryl methyl sites for hydroxylation is 2. The van der Waals surface area contributed by atoms with E-state index in [1.165, 1.54) is 10.4 Å². The number of ketones is 1. The second-order valence-corrected chi connectivity index (χ2v) is 10.0. The van der Waals surface area contributed by atoms with E-state index < -0.39 is 0 Å². The van der Waals surface area contributed by atoms with E-state index in [0.29, 0.717) is 23.8 Å². The molecule has 1 aliphatic rings. The molecule has 4 rings (SSSR count). The molecule has 0 radical (unpaired) electrons. The van der Waals surface area contributed by atoms with E-state index in [1.54, 1.807) is 11.3 Å². The molecule has 3 heterocycles. The number of aliphatic imine (C=N–C) groups is 1. The average Bonchev–Trinajstić information content (AvgIpc) is 3.21. The number of benzene rings is 1. The molecule has 0 fully saturated rings. The van der Waals surface area contributed by atoms with Gasteiger partial charge in [0.2, 0.25) is 0 Å². The zero-order chi connectivity index (χ0) is 22.3. The van der Waals surface area contributed by atoms with Crippen LogP contribution in [0, 0.1) is 26.7 Å². The van der Waals surface area contributed by atoms with Gasteiger partial charge >= 0.3 is 0 Å². The van der Waals surface area contributed by atoms with Crippen molar-refractivity contribution in [3.05, 3.63) is 62.5 Å². The van der Waals surface area contributed by atoms with Crippen LogP contribution in [0.4, 0.5) is 0 Å². The fourth-order valence-corrected chi connectivity index (χ4v) is 5.30. The number of aromatic nitrogens is 3. The number of carbonyl (C=O) groups excluding carboxylic acids is 1. The highest BCUT2D eigenvalue weighted by Gasteiger charge is 2.32. The Balaban J connectivity index is 1.89. The van der Waals surface area contributed by atoms with Gasteiger partial charge in [-0.15, -0.1) is 21.5 Å². The third kappa shape index (κ3) is 4.11. The zero-order valence-corrected chi connectivity index (χ0v) is 20.1. The van der Waals surface area contributed by atoms with Crippen molar-refractivity contribution >= 4 is 34.4 Å². The molecule has 1 unspecified atom stereocenters. The summed E-state index contributed by atoms with van der Waals surface area (Å²) in [7, 11) is 0. The van der Waals surface area contributed by atoms with Gasteiger partial charge in [0.05, 0.1) is 5.71 Å². The monoisotopic (exact) mass is 454 g/mol. The van der Waals surface area contributed by atoms with Crippen LogP contribution in [0.3, 0.4) is 0 Å². The van der Waals surface area contributed by atoms with Gasteiger partial charge in [0, 0.05) is 33.9 Å². The molecule has 0 amide bonds. The Morgan fingerprint density at radius 3 is 2.58 bits per heavy atom. The number of thiophene rings is 1. The van der Waals surface area contributed by atoms with Crippen molar-refractivity contribution in [1.82, 2.24) is 14.8 Å². The standard InChI is InChI=1S/C24H27ClN4OS/c1-6-13(2)11-19(30)12-20-23-28-27-16(5)29(23)24-21(14(3)15(4)31-24)22(26-20)17-7-9-18(25)10-8-17/h7-10,13,20H,6,11-12H2,1-5H3/t13?,20-/m0/s1. The normalized spacial score (nSPS) is 16.3. The molecule has 0 bridgehead atoms. The quantitative estimate of drug-likeness (QED) is 0.445. The summed E-state index contributed by atoms with van der Waals surface area (Å²) in [5, 5.41) is 10.6. The lowest BCUT2D eigenvalue weighted by molar-refractivity contribution is -0.120. The van der Waals surface area contributed by atoms with Crippen LogP contribution in [-0.4, -0.2) is 26.3 Å². The summed E-state index contributed by atoms with van der Waals surface area (Å²) in [6, 6.07) is 7.38. The molecule has 5 nitrogen and oxygen atoms in total. The van der Waals surface area contributed by atoms with Crippen molar-refractivity contribution in [3.63, 3.8) is 0 Å². The molecule has 0 spiro atoms. The third-order valence-electron chi connectivity index (χ3n) is 6.05. The van der Waals surface area contributed by atoms with Gasteiger partial charge in [0.1, 0.15) is 22.7 Å². The lowest BCUT2D eigenvalue weighted by Gasteiger charge is -2.14. The van der Waals surface area contributed by atoms with E-state index in [9.17, 15) is 4.79 Å². The van der Waals surface area contributed by atoms with Crippen LogP contribution in [0.5, 0.6) is 0 Å². The third-order valence-corrected chi connectivity index (χ3v) is 7.50. The Hall–Kier alpha value is -2.31. The molecule has 0 aliphatic carbocycles. The topological polar surface area (TPSA) is 60.1 Å². The van der Waals surface area contributed by atoms with Gasteiger partial charge in [-0.3, -0.25) is 14.4 Å². The minimum atomic E-state index is -0.372. The van der Waals surface area contributed by atoms with Gasteiger partial charge in [-0.1, -0.05) is 44.0 Å². The first-order valence-corrected chi connectivity index (χ1v) is 11.9. The van der Waals surface area contributed by atoms with Crippen LogP contribution in [0.1, 0.15) is 72.4 Å². The zero-order valence-electron chi connectivity index (χ0n) is 18.6. The number of hydrogen-bond donors (Lipinski definition) is 0. The van der Waals surface area contributed by atoms with E-state index in [1.807, 2.05) is 31.2 Å². The summed E-state index contributed by atoms with van der Waals surface area (Å²) in [6.45, 7) is 10.4. The van der Waals surface area contributed by atoms with Crippen LogP contribution in [0.25, 0.3) is 5.00 Å². The van der Waals surface area contributed by atoms with Gasteiger partial charge < -0.3 is 0 Å². The van der Waals surface area contributed by atoms with Crippen molar-refractivity contribution in [2.45, 2.75) is 59.9 Å². The Morgan fingerprint density at radius 2 is 1.90 bits per heavy atom. The molecular weight excluding hydrogens is 428 g/mol. The van der Waals surface area contributed by atoms with E-state index in [-0.39, 0.29) is 11.8 Å². The Bertz CT molecular complexity index is 1160. The first-order valence-electron chi connectivity index (χ1n) is 10.7. The first-order chi connectivity index (χ1) is 14.8. The molecule has 0 saturated heterocycles. The largest absolute Gasteiger partial charge is 0.300 e. The first kappa shape index (κ1) is 21.9. The van der Waals surface area contributed by atoms with E-state index in [2.05, 4.69) is 42.5 Å². The van der Waals surface area contributed by atoms with Crippen LogP contribution in [-0.2, 0) is 4.79 Å². The van der Waals surface area contributed by atoms with Crippen LogP contribution >= 0.6 is 22.9 Å². The summed E-state index contributed by atoms with van der Waals surface area (Å²) < 4.78 is 2.09. The number of Topliss-reactive ketones (excluding diaryl/α,β-unsaturated/α-hetero) is 1. The molecule has 31 heavy (non-hydrogen) atoms. The number of halogens is 1. The van der Waals surface area contributed by atoms with Gasteiger partial charge in [-0.05, 0) is 44.4 Å². The molecule has 0 N–H and O–H groups in total. The van der Waals surface area contributed by atoms with Crippen LogP contribution < -0.4 is 0 Å². The van der Waals surface area contributed by atoms with Gasteiger partial charge in [0.25, 0.3) is 0 Å². The Morgan fingerprint density at radius 1 is 1.19 bits per heavy atom. The molecule has 0 saturated carbocycles. The number of carbonyl (C=O) groups is 1. The van der Waals surface area contributed by atoms with Gasteiger partial charge in [0.15, 0.2) is 5.82 Å². The van der Waals surface area contributed by atoms with E-state index >= 15 is 0 Å². The lowest BCUT2D eigenvalue weighted by Crippen LogP contribution is -2.13. The van der Waals surface area contributed by atoms with Crippen molar-refractivity contribution in [1.29, 1.82) is 0 Å². The number of hydrogen-bond acceptors (Lipinski definition) is 5. The number of nitrogens with zero attached hydrogens (tertiary/aromatic N) is 4. The van der Waals surface area contributed by atoms with E-state index in [0.717, 1.165) is 39.9 Å².